The molecule has 0 spiro atoms. The third kappa shape index (κ3) is 2.23. The first-order valence-corrected chi connectivity index (χ1v) is 7.64. The van der Waals surface area contributed by atoms with Crippen molar-refractivity contribution in [3.63, 3.8) is 0 Å². The summed E-state index contributed by atoms with van der Waals surface area (Å²) in [5.74, 6) is -1.86. The summed E-state index contributed by atoms with van der Waals surface area (Å²) in [7, 11) is -4.33. The number of sulfonamides is 1. The quantitative estimate of drug-likeness (QED) is 0.856. The number of hydrogen-bond acceptors (Lipinski definition) is 3. The third-order valence-electron chi connectivity index (χ3n) is 3.15. The van der Waals surface area contributed by atoms with E-state index in [0.717, 1.165) is 22.5 Å². The van der Waals surface area contributed by atoms with E-state index in [1.54, 1.807) is 18.2 Å². The zero-order valence-corrected chi connectivity index (χ0v) is 11.6. The highest BCUT2D eigenvalue weighted by Gasteiger charge is 2.34. The Labute approximate surface area is 120 Å². The third-order valence-corrected chi connectivity index (χ3v) is 5.02. The number of fused-ring (bicyclic) bond motifs is 1. The minimum Gasteiger partial charge on any atom is -0.489 e. The summed E-state index contributed by atoms with van der Waals surface area (Å²) < 4.78 is 59.1. The largest absolute Gasteiger partial charge is 0.489 e. The van der Waals surface area contributed by atoms with E-state index in [4.69, 9.17) is 4.74 Å². The second-order valence-corrected chi connectivity index (χ2v) is 6.24. The van der Waals surface area contributed by atoms with Gasteiger partial charge in [0.2, 0.25) is 0 Å². The maximum atomic E-state index is 13.8. The van der Waals surface area contributed by atoms with Crippen molar-refractivity contribution in [2.45, 2.75) is 4.90 Å². The van der Waals surface area contributed by atoms with E-state index >= 15 is 0 Å². The normalized spacial score (nSPS) is 14.5. The first-order valence-electron chi connectivity index (χ1n) is 6.20. The molecule has 21 heavy (non-hydrogen) atoms. The molecule has 0 saturated carbocycles. The van der Waals surface area contributed by atoms with Crippen LogP contribution in [-0.2, 0) is 10.0 Å². The van der Waals surface area contributed by atoms with Gasteiger partial charge in [0, 0.05) is 0 Å². The number of ether oxygens (including phenoxy) is 1. The molecule has 0 radical (unpaired) electrons. The summed E-state index contributed by atoms with van der Waals surface area (Å²) in [6.45, 7) is 0.111. The number of benzene rings is 2. The Hall–Kier alpha value is -2.15. The van der Waals surface area contributed by atoms with Gasteiger partial charge < -0.3 is 4.74 Å². The lowest BCUT2D eigenvalue weighted by Gasteiger charge is -2.30. The Morgan fingerprint density at radius 1 is 1.00 bits per heavy atom. The lowest BCUT2D eigenvalue weighted by Crippen LogP contribution is -2.38. The summed E-state index contributed by atoms with van der Waals surface area (Å²) in [5, 5.41) is 0. The Kier molecular flexibility index (Phi) is 3.29. The highest BCUT2D eigenvalue weighted by molar-refractivity contribution is 7.92. The fourth-order valence-electron chi connectivity index (χ4n) is 2.23. The maximum absolute atomic E-state index is 13.8. The molecule has 0 amide bonds. The minimum absolute atomic E-state index is 0.00682. The molecule has 0 atom stereocenters. The van der Waals surface area contributed by atoms with Gasteiger partial charge >= 0.3 is 0 Å². The second kappa shape index (κ2) is 5.00. The molecular formula is C14H11F2NO3S. The van der Waals surface area contributed by atoms with Gasteiger partial charge in [0.15, 0.2) is 4.90 Å². The fourth-order valence-corrected chi connectivity index (χ4v) is 3.81. The average Bonchev–Trinajstić information content (AvgIpc) is 2.46. The molecular weight excluding hydrogens is 300 g/mol. The molecule has 0 aromatic heterocycles. The summed E-state index contributed by atoms with van der Waals surface area (Å²) in [6.07, 6.45) is 0. The predicted octanol–water partition coefficient (Wildman–Crippen LogP) is 2.55. The van der Waals surface area contributed by atoms with Gasteiger partial charge in [-0.3, -0.25) is 4.31 Å². The van der Waals surface area contributed by atoms with E-state index in [1.165, 1.54) is 6.07 Å². The average molecular weight is 311 g/mol. The predicted molar refractivity (Wildman–Crippen MR) is 72.8 cm³/mol. The van der Waals surface area contributed by atoms with Gasteiger partial charge in [-0.25, -0.2) is 17.2 Å². The SMILES string of the molecule is O=S(=O)(c1c(F)cccc1F)N1CCOc2ccccc21. The van der Waals surface area contributed by atoms with Gasteiger partial charge in [0.25, 0.3) is 10.0 Å². The molecule has 0 unspecified atom stereocenters. The first kappa shape index (κ1) is 13.8. The molecule has 0 aliphatic carbocycles. The van der Waals surface area contributed by atoms with Crippen molar-refractivity contribution >= 4 is 15.7 Å². The van der Waals surface area contributed by atoms with Crippen molar-refractivity contribution in [1.29, 1.82) is 0 Å². The summed E-state index contributed by atoms with van der Waals surface area (Å²) in [4.78, 5) is -0.943. The molecule has 0 fully saturated rings. The molecule has 2 aromatic rings. The van der Waals surface area contributed by atoms with Crippen molar-refractivity contribution in [3.05, 3.63) is 54.1 Å². The zero-order valence-electron chi connectivity index (χ0n) is 10.8. The van der Waals surface area contributed by atoms with Crippen LogP contribution in [0.25, 0.3) is 0 Å². The molecule has 0 N–H and O–H groups in total. The monoisotopic (exact) mass is 311 g/mol. The van der Waals surface area contributed by atoms with Crippen LogP contribution in [-0.4, -0.2) is 21.6 Å². The molecule has 1 aliphatic rings. The van der Waals surface area contributed by atoms with Crippen LogP contribution in [0.1, 0.15) is 0 Å². The number of rotatable bonds is 2. The fraction of sp³-hybridized carbons (Fsp3) is 0.143. The number of anilines is 1. The van der Waals surface area contributed by atoms with Gasteiger partial charge in [-0.05, 0) is 24.3 Å². The summed E-state index contributed by atoms with van der Waals surface area (Å²) in [6, 6.07) is 9.42. The number of para-hydroxylation sites is 2. The molecule has 2 aromatic carbocycles. The van der Waals surface area contributed by atoms with Gasteiger partial charge in [0.05, 0.1) is 12.2 Å². The molecule has 4 nitrogen and oxygen atoms in total. The van der Waals surface area contributed by atoms with E-state index < -0.39 is 26.6 Å². The Morgan fingerprint density at radius 3 is 2.38 bits per heavy atom. The van der Waals surface area contributed by atoms with Crippen molar-refractivity contribution in [1.82, 2.24) is 0 Å². The van der Waals surface area contributed by atoms with Crippen molar-refractivity contribution in [2.24, 2.45) is 0 Å². The molecule has 1 heterocycles. The standard InChI is InChI=1S/C14H11F2NO3S/c15-10-4-3-5-11(16)14(10)21(18,19)17-8-9-20-13-7-2-1-6-12(13)17/h1-7H,8-9H2. The smallest absolute Gasteiger partial charge is 0.270 e. The molecule has 110 valence electrons. The van der Waals surface area contributed by atoms with Crippen LogP contribution in [0.2, 0.25) is 0 Å². The maximum Gasteiger partial charge on any atom is 0.270 e. The van der Waals surface area contributed by atoms with Crippen molar-refractivity contribution in [3.8, 4) is 5.75 Å². The summed E-state index contributed by atoms with van der Waals surface area (Å²) >= 11 is 0. The number of halogens is 2. The van der Waals surface area contributed by atoms with Gasteiger partial charge in [0.1, 0.15) is 24.0 Å². The lowest BCUT2D eigenvalue weighted by molar-refractivity contribution is 0.315. The Morgan fingerprint density at radius 2 is 1.67 bits per heavy atom. The van der Waals surface area contributed by atoms with E-state index in [2.05, 4.69) is 0 Å². The van der Waals surface area contributed by atoms with Crippen LogP contribution in [0.3, 0.4) is 0 Å². The van der Waals surface area contributed by atoms with Crippen LogP contribution < -0.4 is 9.04 Å². The van der Waals surface area contributed by atoms with Gasteiger partial charge in [-0.2, -0.15) is 0 Å². The lowest BCUT2D eigenvalue weighted by atomic mass is 10.2. The van der Waals surface area contributed by atoms with Crippen LogP contribution in [0.5, 0.6) is 5.75 Å². The van der Waals surface area contributed by atoms with Gasteiger partial charge in [-0.15, -0.1) is 0 Å². The summed E-state index contributed by atoms with van der Waals surface area (Å²) in [5.41, 5.74) is 0.270. The highest BCUT2D eigenvalue weighted by atomic mass is 32.2. The number of hydrogen-bond donors (Lipinski definition) is 0. The van der Waals surface area contributed by atoms with E-state index in [-0.39, 0.29) is 18.8 Å². The molecule has 1 aliphatic heterocycles. The molecule has 0 bridgehead atoms. The van der Waals surface area contributed by atoms with Crippen molar-refractivity contribution in [2.75, 3.05) is 17.5 Å². The molecule has 7 heteroatoms. The number of nitrogens with zero attached hydrogens (tertiary/aromatic N) is 1. The second-order valence-electron chi connectivity index (χ2n) is 4.44. The van der Waals surface area contributed by atoms with Gasteiger partial charge in [-0.1, -0.05) is 18.2 Å². The zero-order chi connectivity index (χ0) is 15.0. The van der Waals surface area contributed by atoms with Crippen LogP contribution in [0.4, 0.5) is 14.5 Å². The van der Waals surface area contributed by atoms with Crippen LogP contribution in [0.15, 0.2) is 47.4 Å². The Balaban J connectivity index is 2.17. The molecule has 3 rings (SSSR count). The Bertz CT molecular complexity index is 772. The first-order chi connectivity index (χ1) is 10.0. The van der Waals surface area contributed by atoms with E-state index in [1.807, 2.05) is 0 Å². The minimum atomic E-state index is -4.33. The van der Waals surface area contributed by atoms with Crippen molar-refractivity contribution < 1.29 is 21.9 Å². The molecule has 0 saturated heterocycles. The highest BCUT2D eigenvalue weighted by Crippen LogP contribution is 2.35. The topological polar surface area (TPSA) is 46.6 Å². The van der Waals surface area contributed by atoms with Crippen LogP contribution in [0, 0.1) is 11.6 Å². The van der Waals surface area contributed by atoms with E-state index in [9.17, 15) is 17.2 Å². The van der Waals surface area contributed by atoms with Crippen LogP contribution >= 0.6 is 0 Å². The van der Waals surface area contributed by atoms with E-state index in [0.29, 0.717) is 5.75 Å².